The fraction of sp³-hybridized carbons (Fsp3) is 0.476. The minimum absolute atomic E-state index is 0.0289. The van der Waals surface area contributed by atoms with Crippen molar-refractivity contribution < 1.29 is 24.2 Å². The van der Waals surface area contributed by atoms with E-state index in [1.54, 1.807) is 6.08 Å². The lowest BCUT2D eigenvalue weighted by molar-refractivity contribution is -0.142. The van der Waals surface area contributed by atoms with Gasteiger partial charge in [0.1, 0.15) is 6.61 Å². The molecule has 1 aromatic rings. The van der Waals surface area contributed by atoms with Crippen molar-refractivity contribution in [2.24, 2.45) is 0 Å². The van der Waals surface area contributed by atoms with Crippen molar-refractivity contribution >= 4 is 17.7 Å². The van der Waals surface area contributed by atoms with Crippen LogP contribution in [0.5, 0.6) is 0 Å². The number of hydrogen-bond acceptors (Lipinski definition) is 4. The number of carbonyl (C=O) groups excluding carboxylic acids is 2. The molecule has 6 heteroatoms. The number of likely N-dealkylation sites (tertiary alicyclic amines) is 1. The summed E-state index contributed by atoms with van der Waals surface area (Å²) in [5, 5.41) is 8.53. The van der Waals surface area contributed by atoms with Crippen LogP contribution in [0.3, 0.4) is 0 Å². The predicted molar refractivity (Wildman–Crippen MR) is 101 cm³/mol. The number of amides is 1. The Bertz CT molecular complexity index is 656. The summed E-state index contributed by atoms with van der Waals surface area (Å²) in [6.45, 7) is 0.666. The highest BCUT2D eigenvalue weighted by atomic mass is 16.5. The maximum absolute atomic E-state index is 12.2. The average Bonchev–Trinajstić information content (AvgIpc) is 2.65. The Hall–Kier alpha value is -2.47. The molecule has 1 atom stereocenters. The topological polar surface area (TPSA) is 83.9 Å². The first-order valence-electron chi connectivity index (χ1n) is 9.40. The number of allylic oxidation sites excluding steroid dienone is 1. The number of aliphatic carboxylic acids is 1. The number of ether oxygens (including phenoxy) is 1. The Labute approximate surface area is 159 Å². The van der Waals surface area contributed by atoms with E-state index in [4.69, 9.17) is 9.84 Å². The summed E-state index contributed by atoms with van der Waals surface area (Å²) in [7, 11) is 0. The highest BCUT2D eigenvalue weighted by Crippen LogP contribution is 2.20. The van der Waals surface area contributed by atoms with Gasteiger partial charge in [-0.2, -0.15) is 0 Å². The van der Waals surface area contributed by atoms with Crippen LogP contribution < -0.4 is 0 Å². The highest BCUT2D eigenvalue weighted by molar-refractivity contribution is 5.91. The van der Waals surface area contributed by atoms with Crippen molar-refractivity contribution in [1.82, 2.24) is 4.90 Å². The summed E-state index contributed by atoms with van der Waals surface area (Å²) in [6.07, 6.45) is 7.47. The van der Waals surface area contributed by atoms with Crippen molar-refractivity contribution in [3.63, 3.8) is 0 Å². The van der Waals surface area contributed by atoms with E-state index in [9.17, 15) is 14.4 Å². The van der Waals surface area contributed by atoms with Gasteiger partial charge in [-0.1, -0.05) is 36.4 Å². The number of piperidine rings is 1. The third-order valence-electron chi connectivity index (χ3n) is 4.50. The predicted octanol–water partition coefficient (Wildman–Crippen LogP) is 2.62. The van der Waals surface area contributed by atoms with E-state index in [0.717, 1.165) is 24.8 Å². The number of ketones is 1. The van der Waals surface area contributed by atoms with Crippen LogP contribution in [0.15, 0.2) is 42.5 Å². The summed E-state index contributed by atoms with van der Waals surface area (Å²) in [5.41, 5.74) is 0.977. The van der Waals surface area contributed by atoms with Crippen LogP contribution in [-0.2, 0) is 25.5 Å². The number of unbranched alkanes of at least 4 members (excludes halogenated alkanes) is 1. The molecule has 6 nitrogen and oxygen atoms in total. The van der Waals surface area contributed by atoms with Crippen LogP contribution in [0, 0.1) is 0 Å². The molecule has 146 valence electrons. The van der Waals surface area contributed by atoms with Crippen LogP contribution in [0.1, 0.15) is 37.7 Å². The lowest BCUT2D eigenvalue weighted by Crippen LogP contribution is -2.43. The normalized spacial score (nSPS) is 17.4. The zero-order valence-electron chi connectivity index (χ0n) is 15.5. The fourth-order valence-corrected chi connectivity index (χ4v) is 3.16. The molecule has 1 heterocycles. The summed E-state index contributed by atoms with van der Waals surface area (Å²) >= 11 is 0. The maximum Gasteiger partial charge on any atom is 0.329 e. The van der Waals surface area contributed by atoms with Crippen molar-refractivity contribution in [3.8, 4) is 0 Å². The zero-order chi connectivity index (χ0) is 19.5. The second-order valence-electron chi connectivity index (χ2n) is 6.69. The van der Waals surface area contributed by atoms with Gasteiger partial charge in [0.25, 0.3) is 0 Å². The molecule has 1 aliphatic rings. The average molecular weight is 373 g/mol. The number of rotatable bonds is 11. The molecule has 1 aromatic carbocycles. The van der Waals surface area contributed by atoms with E-state index in [-0.39, 0.29) is 24.3 Å². The summed E-state index contributed by atoms with van der Waals surface area (Å²) < 4.78 is 5.01. The van der Waals surface area contributed by atoms with E-state index in [2.05, 4.69) is 0 Å². The van der Waals surface area contributed by atoms with Gasteiger partial charge in [-0.05, 0) is 37.3 Å². The highest BCUT2D eigenvalue weighted by Gasteiger charge is 2.25. The van der Waals surface area contributed by atoms with Gasteiger partial charge in [-0.25, -0.2) is 4.79 Å². The number of benzene rings is 1. The minimum Gasteiger partial charge on any atom is -0.480 e. The number of carboxylic acids is 1. The Morgan fingerprint density at radius 1 is 1.22 bits per heavy atom. The molecule has 1 fully saturated rings. The molecular formula is C21H27NO5. The van der Waals surface area contributed by atoms with E-state index in [1.165, 1.54) is 0 Å². The molecule has 27 heavy (non-hydrogen) atoms. The van der Waals surface area contributed by atoms with Crippen LogP contribution in [-0.4, -0.2) is 53.5 Å². The molecule has 1 aliphatic heterocycles. The van der Waals surface area contributed by atoms with Gasteiger partial charge in [0, 0.05) is 26.0 Å². The smallest absolute Gasteiger partial charge is 0.329 e. The molecule has 0 bridgehead atoms. The number of carbonyl (C=O) groups is 3. The maximum atomic E-state index is 12.2. The first-order valence-corrected chi connectivity index (χ1v) is 9.40. The third-order valence-corrected chi connectivity index (χ3v) is 4.50. The molecule has 1 saturated heterocycles. The second kappa shape index (κ2) is 11.3. The lowest BCUT2D eigenvalue weighted by Gasteiger charge is -2.34. The molecule has 0 saturated carbocycles. The van der Waals surface area contributed by atoms with Gasteiger partial charge in [-0.15, -0.1) is 0 Å². The van der Waals surface area contributed by atoms with Crippen molar-refractivity contribution in [2.75, 3.05) is 19.8 Å². The minimum atomic E-state index is -0.980. The van der Waals surface area contributed by atoms with E-state index in [1.807, 2.05) is 41.3 Å². The van der Waals surface area contributed by atoms with E-state index >= 15 is 0 Å². The SMILES string of the molecule is O=C(O)COCCCCN1C(=O)CCC[C@@H]1C=CC(=O)Cc1ccccc1. The monoisotopic (exact) mass is 373 g/mol. The third kappa shape index (κ3) is 7.74. The van der Waals surface area contributed by atoms with Crippen LogP contribution in [0.4, 0.5) is 0 Å². The fourth-order valence-electron chi connectivity index (χ4n) is 3.16. The number of carboxylic acid groups (broad SMARTS) is 1. The van der Waals surface area contributed by atoms with Crippen molar-refractivity contribution in [2.45, 2.75) is 44.6 Å². The molecule has 2 rings (SSSR count). The molecule has 0 aliphatic carbocycles. The van der Waals surface area contributed by atoms with Gasteiger partial charge in [0.2, 0.25) is 5.91 Å². The summed E-state index contributed by atoms with van der Waals surface area (Å²) in [5.74, 6) is -0.842. The Morgan fingerprint density at radius 2 is 2.00 bits per heavy atom. The van der Waals surface area contributed by atoms with Gasteiger partial charge in [0.15, 0.2) is 5.78 Å². The summed E-state index contributed by atoms with van der Waals surface area (Å²) in [6, 6.07) is 9.54. The van der Waals surface area contributed by atoms with Crippen LogP contribution in [0.25, 0.3) is 0 Å². The Kier molecular flexibility index (Phi) is 8.71. The van der Waals surface area contributed by atoms with Crippen molar-refractivity contribution in [3.05, 3.63) is 48.0 Å². The first-order chi connectivity index (χ1) is 13.1. The number of nitrogens with zero attached hydrogens (tertiary/aromatic N) is 1. The van der Waals surface area contributed by atoms with Gasteiger partial charge < -0.3 is 14.7 Å². The Morgan fingerprint density at radius 3 is 2.74 bits per heavy atom. The quantitative estimate of drug-likeness (QED) is 0.476. The van der Waals surface area contributed by atoms with Crippen LogP contribution in [0.2, 0.25) is 0 Å². The second-order valence-corrected chi connectivity index (χ2v) is 6.69. The molecule has 1 N–H and O–H groups in total. The lowest BCUT2D eigenvalue weighted by atomic mass is 9.99. The van der Waals surface area contributed by atoms with E-state index < -0.39 is 5.97 Å². The summed E-state index contributed by atoms with van der Waals surface area (Å²) in [4.78, 5) is 36.6. The van der Waals surface area contributed by atoms with E-state index in [0.29, 0.717) is 32.4 Å². The standard InChI is InChI=1S/C21H27NO5/c23-19(15-17-7-2-1-3-8-17)12-11-18-9-6-10-20(24)22(18)13-4-5-14-27-16-21(25)26/h1-3,7-8,11-12,18H,4-6,9-10,13-16H2,(H,25,26)/t18-/m1/s1. The van der Waals surface area contributed by atoms with Gasteiger partial charge in [0.05, 0.1) is 6.04 Å². The zero-order valence-corrected chi connectivity index (χ0v) is 15.5. The molecular weight excluding hydrogens is 346 g/mol. The molecule has 0 radical (unpaired) electrons. The van der Waals surface area contributed by atoms with Crippen molar-refractivity contribution in [1.29, 1.82) is 0 Å². The first kappa shape index (κ1) is 20.8. The number of hydrogen-bond donors (Lipinski definition) is 1. The molecule has 0 spiro atoms. The molecule has 0 aromatic heterocycles. The Balaban J connectivity index is 1.80. The molecule has 0 unspecified atom stereocenters. The van der Waals surface area contributed by atoms with Gasteiger partial charge in [-0.3, -0.25) is 9.59 Å². The largest absolute Gasteiger partial charge is 0.480 e. The van der Waals surface area contributed by atoms with Crippen LogP contribution >= 0.6 is 0 Å². The molecule has 1 amide bonds. The van der Waals surface area contributed by atoms with Gasteiger partial charge >= 0.3 is 5.97 Å².